The lowest BCUT2D eigenvalue weighted by Gasteiger charge is -2.27. The highest BCUT2D eigenvalue weighted by molar-refractivity contribution is 7.15. The fourth-order valence-corrected chi connectivity index (χ4v) is 6.70. The highest BCUT2D eigenvalue weighted by Gasteiger charge is 2.54. The Morgan fingerprint density at radius 2 is 2.00 bits per heavy atom. The summed E-state index contributed by atoms with van der Waals surface area (Å²) < 4.78 is 15.2. The molecule has 10 heteroatoms. The summed E-state index contributed by atoms with van der Waals surface area (Å²) in [4.78, 5) is 39.1. The molecule has 3 atom stereocenters. The SMILES string of the molecule is Cc1nc(C(=O)N2C[C@@H]3C[C@@H]3[C@H]2CNC(=O)c2c(C)nc3sccn23)c(-c2ccc(F)cc2)s1. The van der Waals surface area contributed by atoms with Crippen LogP contribution in [0, 0.1) is 31.5 Å². The van der Waals surface area contributed by atoms with Crippen molar-refractivity contribution in [1.29, 1.82) is 0 Å². The van der Waals surface area contributed by atoms with E-state index in [1.165, 1.54) is 34.8 Å². The Balaban J connectivity index is 1.23. The molecule has 1 saturated carbocycles. The van der Waals surface area contributed by atoms with Gasteiger partial charge in [-0.3, -0.25) is 14.0 Å². The van der Waals surface area contributed by atoms with Gasteiger partial charge in [0.05, 0.1) is 21.6 Å². The van der Waals surface area contributed by atoms with Crippen molar-refractivity contribution < 1.29 is 14.0 Å². The van der Waals surface area contributed by atoms with E-state index in [-0.39, 0.29) is 23.7 Å². The number of likely N-dealkylation sites (tertiary alicyclic amines) is 1. The molecule has 4 heterocycles. The maximum Gasteiger partial charge on any atom is 0.274 e. The lowest BCUT2D eigenvalue weighted by molar-refractivity contribution is 0.0690. The van der Waals surface area contributed by atoms with Gasteiger partial charge < -0.3 is 10.2 Å². The summed E-state index contributed by atoms with van der Waals surface area (Å²) >= 11 is 2.92. The van der Waals surface area contributed by atoms with Crippen LogP contribution in [0.15, 0.2) is 35.8 Å². The van der Waals surface area contributed by atoms with Gasteiger partial charge in [-0.25, -0.2) is 14.4 Å². The standard InChI is InChI=1S/C24H22FN5O2S2/c1-12-20(29-7-8-33-24(29)27-12)22(31)26-10-18-17-9-15(17)11-30(18)23(32)19-21(34-13(2)28-19)14-3-5-16(25)6-4-14/h3-8,15,17-18H,9-11H2,1-2H3,(H,26,31)/t15-,17-,18+/m0/s1. The number of hydrogen-bond acceptors (Lipinski definition) is 6. The van der Waals surface area contributed by atoms with Gasteiger partial charge in [0.15, 0.2) is 4.96 Å². The average Bonchev–Trinajstić information content (AvgIpc) is 3.14. The van der Waals surface area contributed by atoms with Crippen LogP contribution in [0.4, 0.5) is 4.39 Å². The predicted octanol–water partition coefficient (Wildman–Crippen LogP) is 4.17. The second-order valence-corrected chi connectivity index (χ2v) is 11.0. The van der Waals surface area contributed by atoms with Crippen LogP contribution in [0.2, 0.25) is 0 Å². The molecule has 1 aliphatic heterocycles. The zero-order chi connectivity index (χ0) is 23.6. The van der Waals surface area contributed by atoms with Crippen molar-refractivity contribution in [1.82, 2.24) is 24.6 Å². The molecule has 2 amide bonds. The molecule has 2 fully saturated rings. The molecule has 4 aromatic rings. The van der Waals surface area contributed by atoms with E-state index in [9.17, 15) is 14.0 Å². The maximum absolute atomic E-state index is 13.6. The topological polar surface area (TPSA) is 79.6 Å². The largest absolute Gasteiger partial charge is 0.349 e. The van der Waals surface area contributed by atoms with Crippen molar-refractivity contribution in [3.63, 3.8) is 0 Å². The Morgan fingerprint density at radius 3 is 2.79 bits per heavy atom. The Kier molecular flexibility index (Phi) is 5.03. The van der Waals surface area contributed by atoms with Crippen LogP contribution in [0.25, 0.3) is 15.4 Å². The number of hydrogen-bond donors (Lipinski definition) is 1. The predicted molar refractivity (Wildman–Crippen MR) is 129 cm³/mol. The number of thiazole rings is 2. The minimum atomic E-state index is -0.318. The van der Waals surface area contributed by atoms with E-state index < -0.39 is 0 Å². The number of nitrogens with zero attached hydrogens (tertiary/aromatic N) is 4. The van der Waals surface area contributed by atoms with Crippen molar-refractivity contribution in [3.8, 4) is 10.4 Å². The minimum absolute atomic E-state index is 0.0734. The van der Waals surface area contributed by atoms with Gasteiger partial charge in [-0.05, 0) is 49.8 Å². The number of imidazole rings is 1. The molecular weight excluding hydrogens is 473 g/mol. The smallest absolute Gasteiger partial charge is 0.274 e. The molecule has 7 nitrogen and oxygen atoms in total. The van der Waals surface area contributed by atoms with E-state index in [0.29, 0.717) is 42.0 Å². The van der Waals surface area contributed by atoms with Crippen LogP contribution in [0.5, 0.6) is 0 Å². The Hall–Kier alpha value is -3.11. The van der Waals surface area contributed by atoms with E-state index >= 15 is 0 Å². The second-order valence-electron chi connectivity index (χ2n) is 8.91. The molecule has 0 radical (unpaired) electrons. The van der Waals surface area contributed by atoms with Crippen LogP contribution in [-0.2, 0) is 0 Å². The summed E-state index contributed by atoms with van der Waals surface area (Å²) in [6, 6.07) is 6.07. The molecule has 3 aromatic heterocycles. The van der Waals surface area contributed by atoms with E-state index in [0.717, 1.165) is 26.8 Å². The number of benzene rings is 1. The van der Waals surface area contributed by atoms with Crippen LogP contribution in [0.1, 0.15) is 38.1 Å². The molecule has 174 valence electrons. The first-order valence-corrected chi connectivity index (χ1v) is 12.8. The fraction of sp³-hybridized carbons (Fsp3) is 0.333. The van der Waals surface area contributed by atoms with Crippen molar-refractivity contribution in [3.05, 3.63) is 63.7 Å². The van der Waals surface area contributed by atoms with Crippen LogP contribution < -0.4 is 5.32 Å². The summed E-state index contributed by atoms with van der Waals surface area (Å²) in [5.74, 6) is 0.236. The lowest BCUT2D eigenvalue weighted by Crippen LogP contribution is -2.46. The maximum atomic E-state index is 13.6. The van der Waals surface area contributed by atoms with Gasteiger partial charge in [-0.15, -0.1) is 22.7 Å². The molecule has 34 heavy (non-hydrogen) atoms. The summed E-state index contributed by atoms with van der Waals surface area (Å²) in [5.41, 5.74) is 2.40. The van der Waals surface area contributed by atoms with Crippen LogP contribution in [-0.4, -0.2) is 50.2 Å². The molecule has 1 aliphatic carbocycles. The van der Waals surface area contributed by atoms with Gasteiger partial charge in [-0.2, -0.15) is 0 Å². The monoisotopic (exact) mass is 495 g/mol. The normalized spacial score (nSPS) is 21.1. The Bertz CT molecular complexity index is 1420. The third-order valence-electron chi connectivity index (χ3n) is 6.73. The molecule has 1 saturated heterocycles. The minimum Gasteiger partial charge on any atom is -0.349 e. The highest BCUT2D eigenvalue weighted by Crippen LogP contribution is 2.50. The number of amides is 2. The van der Waals surface area contributed by atoms with Crippen molar-refractivity contribution in [2.24, 2.45) is 11.8 Å². The fourth-order valence-electron chi connectivity index (χ4n) is 5.02. The van der Waals surface area contributed by atoms with Gasteiger partial charge in [0, 0.05) is 24.7 Å². The van der Waals surface area contributed by atoms with Gasteiger partial charge in [0.2, 0.25) is 0 Å². The summed E-state index contributed by atoms with van der Waals surface area (Å²) in [7, 11) is 0. The molecular formula is C24H22FN5O2S2. The van der Waals surface area contributed by atoms with Crippen molar-refractivity contribution >= 4 is 39.4 Å². The van der Waals surface area contributed by atoms with Gasteiger partial charge >= 0.3 is 0 Å². The zero-order valence-electron chi connectivity index (χ0n) is 18.6. The first kappa shape index (κ1) is 21.4. The molecule has 1 aromatic carbocycles. The number of fused-ring (bicyclic) bond motifs is 2. The Morgan fingerprint density at radius 1 is 1.21 bits per heavy atom. The van der Waals surface area contributed by atoms with Gasteiger partial charge in [-0.1, -0.05) is 12.1 Å². The molecule has 2 aliphatic rings. The number of nitrogens with one attached hydrogen (secondary N) is 1. The lowest BCUT2D eigenvalue weighted by atomic mass is 10.1. The number of piperidine rings is 1. The first-order chi connectivity index (χ1) is 16.4. The number of aromatic nitrogens is 3. The molecule has 0 bridgehead atoms. The third kappa shape index (κ3) is 3.52. The molecule has 6 rings (SSSR count). The van der Waals surface area contributed by atoms with Crippen LogP contribution >= 0.6 is 22.7 Å². The number of rotatable bonds is 5. The molecule has 0 unspecified atom stereocenters. The third-order valence-corrected chi connectivity index (χ3v) is 8.51. The van der Waals surface area contributed by atoms with Crippen molar-refractivity contribution in [2.75, 3.05) is 13.1 Å². The number of carbonyl (C=O) groups is 2. The van der Waals surface area contributed by atoms with Crippen molar-refractivity contribution in [2.45, 2.75) is 26.3 Å². The van der Waals surface area contributed by atoms with Gasteiger partial charge in [0.1, 0.15) is 17.2 Å². The van der Waals surface area contributed by atoms with Crippen LogP contribution in [0.3, 0.4) is 0 Å². The number of aryl methyl sites for hydroxylation is 2. The van der Waals surface area contributed by atoms with E-state index in [1.807, 2.05) is 30.3 Å². The highest BCUT2D eigenvalue weighted by atomic mass is 32.1. The Labute approximate surface area is 203 Å². The number of carbonyl (C=O) groups excluding carboxylic acids is 2. The summed E-state index contributed by atoms with van der Waals surface area (Å²) in [5, 5.41) is 5.74. The summed E-state index contributed by atoms with van der Waals surface area (Å²) in [6.07, 6.45) is 2.92. The first-order valence-electron chi connectivity index (χ1n) is 11.2. The molecule has 0 spiro atoms. The molecule has 1 N–H and O–H groups in total. The van der Waals surface area contributed by atoms with Gasteiger partial charge in [0.25, 0.3) is 11.8 Å². The average molecular weight is 496 g/mol. The number of halogens is 1. The van der Waals surface area contributed by atoms with E-state index in [1.54, 1.807) is 16.5 Å². The van der Waals surface area contributed by atoms with E-state index in [4.69, 9.17) is 0 Å². The van der Waals surface area contributed by atoms with E-state index in [2.05, 4.69) is 15.3 Å². The quantitative estimate of drug-likeness (QED) is 0.451. The second kappa shape index (κ2) is 7.99. The zero-order valence-corrected chi connectivity index (χ0v) is 20.3. The summed E-state index contributed by atoms with van der Waals surface area (Å²) in [6.45, 7) is 4.76.